The van der Waals surface area contributed by atoms with Gasteiger partial charge in [0.15, 0.2) is 5.69 Å². The highest BCUT2D eigenvalue weighted by molar-refractivity contribution is 7.89. The van der Waals surface area contributed by atoms with Crippen LogP contribution >= 0.6 is 11.3 Å². The summed E-state index contributed by atoms with van der Waals surface area (Å²) in [5, 5.41) is 30.5. The second kappa shape index (κ2) is 9.51. The largest absolute Gasteiger partial charge is 0.476 e. The smallest absolute Gasteiger partial charge is 0.355 e. The number of sulfonamides is 1. The number of carboxylic acid groups (broad SMARTS) is 1. The number of rotatable bonds is 8. The van der Waals surface area contributed by atoms with Crippen LogP contribution in [0.1, 0.15) is 45.7 Å². The van der Waals surface area contributed by atoms with Gasteiger partial charge < -0.3 is 5.11 Å². The van der Waals surface area contributed by atoms with E-state index in [1.807, 2.05) is 6.07 Å². The molecule has 37 heavy (non-hydrogen) atoms. The van der Waals surface area contributed by atoms with Crippen LogP contribution in [0.4, 0.5) is 4.39 Å². The lowest BCUT2D eigenvalue weighted by Gasteiger charge is -2.10. The second-order valence-corrected chi connectivity index (χ2v) is 11.2. The van der Waals surface area contributed by atoms with E-state index in [-0.39, 0.29) is 12.1 Å². The lowest BCUT2D eigenvalue weighted by molar-refractivity contribution is 0.0691. The number of nitrogens with two attached hydrogens (primary N) is 1. The summed E-state index contributed by atoms with van der Waals surface area (Å²) in [6.45, 7) is 0. The Hall–Kier alpha value is -3.92. The van der Waals surface area contributed by atoms with Crippen LogP contribution in [0.25, 0.3) is 16.4 Å². The Balaban J connectivity index is 1.69. The topological polar surface area (TPSA) is 152 Å². The number of aromatic carboxylic acids is 1. The monoisotopic (exact) mass is 537 g/mol. The normalized spacial score (nSPS) is 13.4. The Bertz CT molecular complexity index is 1680. The summed E-state index contributed by atoms with van der Waals surface area (Å²) >= 11 is 1.15. The van der Waals surface area contributed by atoms with Crippen molar-refractivity contribution in [2.45, 2.75) is 30.6 Å². The summed E-state index contributed by atoms with van der Waals surface area (Å²) in [7, 11) is -4.21. The van der Waals surface area contributed by atoms with E-state index in [1.54, 1.807) is 22.9 Å². The van der Waals surface area contributed by atoms with E-state index in [0.29, 0.717) is 39.9 Å². The number of carbonyl (C=O) groups is 1. The third kappa shape index (κ3) is 5.15. The Morgan fingerprint density at radius 3 is 2.68 bits per heavy atom. The number of halogens is 1. The highest BCUT2D eigenvalue weighted by Crippen LogP contribution is 2.38. The van der Waals surface area contributed by atoms with Gasteiger partial charge in [-0.05, 0) is 55.0 Å². The van der Waals surface area contributed by atoms with Gasteiger partial charge in [-0.25, -0.2) is 32.4 Å². The molecule has 2 aromatic carbocycles. The lowest BCUT2D eigenvalue weighted by Crippen LogP contribution is -2.14. The fourth-order valence-electron chi connectivity index (χ4n) is 4.15. The summed E-state index contributed by atoms with van der Waals surface area (Å²) in [6, 6.07) is 12.8. The van der Waals surface area contributed by atoms with E-state index in [2.05, 4.69) is 11.1 Å². The standard InChI is InChI=1S/C25H20FN5O4S2/c26-19-10-15(6-7-22(19)37(28,34)35)9-18-21(11-14-4-5-14)31(25-29-20(13-36-25)24(32)33)30-23(18)17-3-1-2-16(8-17)12-27/h1-3,6-8,10,13-14H,4-5,9,11H2,(H,32,33)(H2,28,34,35). The average Bonchev–Trinajstić information content (AvgIpc) is 3.41. The molecular weight excluding hydrogens is 517 g/mol. The predicted octanol–water partition coefficient (Wildman–Crippen LogP) is 3.90. The van der Waals surface area contributed by atoms with Crippen molar-refractivity contribution in [1.29, 1.82) is 5.26 Å². The van der Waals surface area contributed by atoms with Crippen molar-refractivity contribution < 1.29 is 22.7 Å². The molecule has 5 rings (SSSR count). The van der Waals surface area contributed by atoms with E-state index < -0.39 is 26.7 Å². The Labute approximate surface area is 215 Å². The fourth-order valence-corrected chi connectivity index (χ4v) is 5.51. The highest BCUT2D eigenvalue weighted by Gasteiger charge is 2.29. The van der Waals surface area contributed by atoms with Crippen LogP contribution in [-0.2, 0) is 22.9 Å². The summed E-state index contributed by atoms with van der Waals surface area (Å²) in [6.07, 6.45) is 2.95. The molecule has 2 aromatic heterocycles. The van der Waals surface area contributed by atoms with E-state index >= 15 is 0 Å². The molecule has 0 aliphatic heterocycles. The van der Waals surface area contributed by atoms with E-state index in [9.17, 15) is 28.0 Å². The van der Waals surface area contributed by atoms with Gasteiger partial charge in [-0.2, -0.15) is 10.4 Å². The molecule has 0 saturated heterocycles. The van der Waals surface area contributed by atoms with Crippen LogP contribution in [0.2, 0.25) is 0 Å². The number of benzene rings is 2. The molecule has 1 fully saturated rings. The first kappa shape index (κ1) is 24.8. The zero-order valence-electron chi connectivity index (χ0n) is 19.3. The minimum atomic E-state index is -4.21. The van der Waals surface area contributed by atoms with Crippen molar-refractivity contribution in [2.75, 3.05) is 0 Å². The van der Waals surface area contributed by atoms with Crippen LogP contribution in [0.5, 0.6) is 0 Å². The molecule has 1 saturated carbocycles. The molecule has 0 radical (unpaired) electrons. The first-order chi connectivity index (χ1) is 17.6. The molecule has 2 heterocycles. The van der Waals surface area contributed by atoms with E-state index in [0.717, 1.165) is 47.6 Å². The van der Waals surface area contributed by atoms with Crippen LogP contribution in [0.3, 0.4) is 0 Å². The summed E-state index contributed by atoms with van der Waals surface area (Å²) in [5.41, 5.74) is 3.64. The highest BCUT2D eigenvalue weighted by atomic mass is 32.2. The molecule has 188 valence electrons. The fraction of sp³-hybridized carbons (Fsp3) is 0.200. The number of thiazole rings is 1. The maximum absolute atomic E-state index is 14.7. The molecule has 1 aliphatic rings. The maximum Gasteiger partial charge on any atom is 0.355 e. The predicted molar refractivity (Wildman–Crippen MR) is 133 cm³/mol. The third-order valence-electron chi connectivity index (χ3n) is 6.11. The van der Waals surface area contributed by atoms with Crippen LogP contribution in [0.15, 0.2) is 52.7 Å². The molecule has 1 aliphatic carbocycles. The van der Waals surface area contributed by atoms with Crippen LogP contribution in [0, 0.1) is 23.1 Å². The Morgan fingerprint density at radius 2 is 2.05 bits per heavy atom. The molecule has 3 N–H and O–H groups in total. The number of nitriles is 1. The maximum atomic E-state index is 14.7. The molecule has 0 amide bonds. The minimum Gasteiger partial charge on any atom is -0.476 e. The van der Waals surface area contributed by atoms with Gasteiger partial charge in [0.05, 0.1) is 23.0 Å². The zero-order valence-corrected chi connectivity index (χ0v) is 20.9. The van der Waals surface area contributed by atoms with Crippen molar-refractivity contribution in [1.82, 2.24) is 14.8 Å². The number of carboxylic acids is 1. The van der Waals surface area contributed by atoms with Gasteiger partial charge in [0.2, 0.25) is 15.2 Å². The van der Waals surface area contributed by atoms with Crippen molar-refractivity contribution >= 4 is 27.3 Å². The quantitative estimate of drug-likeness (QED) is 0.346. The number of hydrogen-bond donors (Lipinski definition) is 2. The molecule has 12 heteroatoms. The molecule has 0 atom stereocenters. The van der Waals surface area contributed by atoms with E-state index in [4.69, 9.17) is 10.2 Å². The zero-order chi connectivity index (χ0) is 26.3. The van der Waals surface area contributed by atoms with Crippen molar-refractivity contribution in [2.24, 2.45) is 11.1 Å². The molecule has 4 aromatic rings. The first-order valence-electron chi connectivity index (χ1n) is 11.3. The number of nitrogens with zero attached hydrogens (tertiary/aromatic N) is 4. The Kier molecular flexibility index (Phi) is 6.36. The second-order valence-electron chi connectivity index (χ2n) is 8.83. The summed E-state index contributed by atoms with van der Waals surface area (Å²) in [4.78, 5) is 15.1. The lowest BCUT2D eigenvalue weighted by atomic mass is 9.96. The van der Waals surface area contributed by atoms with Gasteiger partial charge in [0.1, 0.15) is 10.7 Å². The van der Waals surface area contributed by atoms with Gasteiger partial charge >= 0.3 is 5.97 Å². The SMILES string of the molecule is N#Cc1cccc(-c2nn(-c3nc(C(=O)O)cs3)c(CC3CC3)c2Cc2ccc(S(N)(=O)=O)c(F)c2)c1. The van der Waals surface area contributed by atoms with Crippen LogP contribution in [-0.4, -0.2) is 34.3 Å². The van der Waals surface area contributed by atoms with Gasteiger partial charge in [-0.3, -0.25) is 0 Å². The summed E-state index contributed by atoms with van der Waals surface area (Å²) < 4.78 is 39.6. The third-order valence-corrected chi connectivity index (χ3v) is 7.87. The van der Waals surface area contributed by atoms with Gasteiger partial charge in [0, 0.05) is 22.9 Å². The number of primary sulfonamides is 1. The molecule has 9 nitrogen and oxygen atoms in total. The molecule has 0 unspecified atom stereocenters. The van der Waals surface area contributed by atoms with Gasteiger partial charge in [-0.15, -0.1) is 11.3 Å². The first-order valence-corrected chi connectivity index (χ1v) is 13.7. The van der Waals surface area contributed by atoms with Gasteiger partial charge in [0.25, 0.3) is 0 Å². The molecule has 0 bridgehead atoms. The van der Waals surface area contributed by atoms with Gasteiger partial charge in [-0.1, -0.05) is 18.2 Å². The van der Waals surface area contributed by atoms with Crippen molar-refractivity contribution in [3.8, 4) is 22.5 Å². The Morgan fingerprint density at radius 1 is 1.27 bits per heavy atom. The van der Waals surface area contributed by atoms with Crippen LogP contribution < -0.4 is 5.14 Å². The minimum absolute atomic E-state index is 0.0943. The summed E-state index contributed by atoms with van der Waals surface area (Å²) in [5.74, 6) is -1.67. The van der Waals surface area contributed by atoms with Crippen molar-refractivity contribution in [3.05, 3.63) is 81.7 Å². The molecular formula is C25H20FN5O4S2. The molecule has 0 spiro atoms. The number of aromatic nitrogens is 3. The van der Waals surface area contributed by atoms with E-state index in [1.165, 1.54) is 11.4 Å². The average molecular weight is 538 g/mol. The van der Waals surface area contributed by atoms with Crippen molar-refractivity contribution in [3.63, 3.8) is 0 Å². The number of hydrogen-bond acceptors (Lipinski definition) is 7.